The highest BCUT2D eigenvalue weighted by Gasteiger charge is 2.31. The summed E-state index contributed by atoms with van der Waals surface area (Å²) < 4.78 is 0. The first-order valence-corrected chi connectivity index (χ1v) is 10.9. The van der Waals surface area contributed by atoms with Crippen LogP contribution in [0.25, 0.3) is 10.2 Å². The van der Waals surface area contributed by atoms with Crippen molar-refractivity contribution in [2.75, 3.05) is 24.5 Å². The van der Waals surface area contributed by atoms with E-state index in [9.17, 15) is 4.79 Å². The van der Waals surface area contributed by atoms with E-state index in [-0.39, 0.29) is 12.0 Å². The van der Waals surface area contributed by atoms with Gasteiger partial charge in [0.05, 0.1) is 5.39 Å². The molecule has 1 fully saturated rings. The molecule has 0 bridgehead atoms. The van der Waals surface area contributed by atoms with E-state index in [0.717, 1.165) is 43.1 Å². The van der Waals surface area contributed by atoms with E-state index in [0.29, 0.717) is 11.8 Å². The van der Waals surface area contributed by atoms with E-state index >= 15 is 0 Å². The number of hydrogen-bond acceptors (Lipinski definition) is 5. The topological polar surface area (TPSA) is 49.3 Å². The number of piperidine rings is 1. The van der Waals surface area contributed by atoms with E-state index in [1.54, 1.807) is 17.7 Å². The molecule has 2 aromatic heterocycles. The lowest BCUT2D eigenvalue weighted by Gasteiger charge is -2.37. The molecule has 0 radical (unpaired) electrons. The van der Waals surface area contributed by atoms with Gasteiger partial charge in [0, 0.05) is 36.5 Å². The van der Waals surface area contributed by atoms with Gasteiger partial charge < -0.3 is 9.80 Å². The van der Waals surface area contributed by atoms with Crippen LogP contribution in [0, 0.1) is 25.7 Å². The molecule has 27 heavy (non-hydrogen) atoms. The van der Waals surface area contributed by atoms with Crippen molar-refractivity contribution in [1.29, 1.82) is 0 Å². The Labute approximate surface area is 166 Å². The first-order chi connectivity index (χ1) is 12.8. The number of amides is 1. The SMILES string of the molecule is Cc1sc2ncnc(N3CCC(C(=O)N(CC(C)C)C(C)C)CC3)c2c1C. The third-order valence-corrected chi connectivity index (χ3v) is 6.67. The van der Waals surface area contributed by atoms with Crippen LogP contribution in [0.4, 0.5) is 5.82 Å². The number of carbonyl (C=O) groups excluding carboxylic acids is 1. The predicted molar refractivity (Wildman–Crippen MR) is 114 cm³/mol. The molecular weight excluding hydrogens is 356 g/mol. The summed E-state index contributed by atoms with van der Waals surface area (Å²) in [6.45, 7) is 15.5. The number of anilines is 1. The minimum Gasteiger partial charge on any atom is -0.356 e. The molecule has 2 aromatic rings. The fraction of sp³-hybridized carbons (Fsp3) is 0.667. The van der Waals surface area contributed by atoms with Gasteiger partial charge in [-0.2, -0.15) is 0 Å². The van der Waals surface area contributed by atoms with E-state index in [1.807, 2.05) is 0 Å². The number of hydrogen-bond donors (Lipinski definition) is 0. The first-order valence-electron chi connectivity index (χ1n) is 10.1. The fourth-order valence-electron chi connectivity index (χ4n) is 3.92. The Hall–Kier alpha value is -1.69. The molecular formula is C21H32N4OS. The lowest BCUT2D eigenvalue weighted by atomic mass is 9.94. The Morgan fingerprint density at radius 1 is 1.22 bits per heavy atom. The van der Waals surface area contributed by atoms with Gasteiger partial charge in [-0.15, -0.1) is 11.3 Å². The van der Waals surface area contributed by atoms with E-state index in [4.69, 9.17) is 0 Å². The summed E-state index contributed by atoms with van der Waals surface area (Å²) in [5.74, 6) is 1.99. The summed E-state index contributed by atoms with van der Waals surface area (Å²) >= 11 is 1.74. The van der Waals surface area contributed by atoms with Crippen LogP contribution >= 0.6 is 11.3 Å². The number of carbonyl (C=O) groups is 1. The van der Waals surface area contributed by atoms with Crippen LogP contribution in [0.15, 0.2) is 6.33 Å². The maximum Gasteiger partial charge on any atom is 0.226 e. The zero-order valence-corrected chi connectivity index (χ0v) is 18.3. The number of fused-ring (bicyclic) bond motifs is 1. The molecule has 1 aliphatic heterocycles. The smallest absolute Gasteiger partial charge is 0.226 e. The summed E-state index contributed by atoms with van der Waals surface area (Å²) in [6, 6.07) is 0.260. The maximum atomic E-state index is 13.1. The lowest BCUT2D eigenvalue weighted by molar-refractivity contribution is -0.138. The molecule has 1 aliphatic rings. The average Bonchev–Trinajstić information content (AvgIpc) is 2.93. The van der Waals surface area contributed by atoms with Gasteiger partial charge in [-0.05, 0) is 52.0 Å². The molecule has 3 rings (SSSR count). The summed E-state index contributed by atoms with van der Waals surface area (Å²) in [7, 11) is 0. The number of aromatic nitrogens is 2. The molecule has 3 heterocycles. The molecule has 0 atom stereocenters. The van der Waals surface area contributed by atoms with Gasteiger partial charge in [0.25, 0.3) is 0 Å². The molecule has 1 saturated heterocycles. The van der Waals surface area contributed by atoms with Crippen molar-refractivity contribution in [2.45, 2.75) is 60.4 Å². The van der Waals surface area contributed by atoms with E-state index < -0.39 is 0 Å². The number of nitrogens with zero attached hydrogens (tertiary/aromatic N) is 4. The van der Waals surface area contributed by atoms with Gasteiger partial charge in [-0.3, -0.25) is 4.79 Å². The van der Waals surface area contributed by atoms with Crippen molar-refractivity contribution < 1.29 is 4.79 Å². The summed E-state index contributed by atoms with van der Waals surface area (Å²) in [5.41, 5.74) is 1.28. The van der Waals surface area contributed by atoms with Gasteiger partial charge in [-0.25, -0.2) is 9.97 Å². The Morgan fingerprint density at radius 2 is 1.89 bits per heavy atom. The van der Waals surface area contributed by atoms with E-state index in [2.05, 4.69) is 61.3 Å². The van der Waals surface area contributed by atoms with Gasteiger partial charge >= 0.3 is 0 Å². The van der Waals surface area contributed by atoms with Crippen LogP contribution < -0.4 is 4.90 Å². The Bertz CT molecular complexity index is 806. The van der Waals surface area contributed by atoms with Crippen LogP contribution in [-0.2, 0) is 4.79 Å². The molecule has 0 aliphatic carbocycles. The highest BCUT2D eigenvalue weighted by atomic mass is 32.1. The third kappa shape index (κ3) is 4.10. The van der Waals surface area contributed by atoms with Crippen LogP contribution in [0.5, 0.6) is 0 Å². The number of rotatable bonds is 5. The summed E-state index contributed by atoms with van der Waals surface area (Å²) in [4.78, 5) is 28.9. The second-order valence-electron chi connectivity index (χ2n) is 8.40. The molecule has 0 spiro atoms. The molecule has 6 heteroatoms. The monoisotopic (exact) mass is 388 g/mol. The largest absolute Gasteiger partial charge is 0.356 e. The highest BCUT2D eigenvalue weighted by Crippen LogP contribution is 2.35. The van der Waals surface area contributed by atoms with Crippen LogP contribution in [-0.4, -0.2) is 46.5 Å². The zero-order valence-electron chi connectivity index (χ0n) is 17.5. The Balaban J connectivity index is 1.73. The minimum absolute atomic E-state index is 0.130. The van der Waals surface area contributed by atoms with Crippen molar-refractivity contribution in [3.8, 4) is 0 Å². The lowest BCUT2D eigenvalue weighted by Crippen LogP contribution is -2.46. The van der Waals surface area contributed by atoms with Crippen molar-refractivity contribution in [2.24, 2.45) is 11.8 Å². The standard InChI is InChI=1S/C21H32N4OS/c1-13(2)11-25(14(3)4)21(26)17-7-9-24(10-8-17)19-18-15(5)16(6)27-20(18)23-12-22-19/h12-14,17H,7-11H2,1-6H3. The second kappa shape index (κ2) is 8.13. The van der Waals surface area contributed by atoms with Crippen molar-refractivity contribution in [3.05, 3.63) is 16.8 Å². The molecule has 148 valence electrons. The number of thiophene rings is 1. The quantitative estimate of drug-likeness (QED) is 0.761. The van der Waals surface area contributed by atoms with Crippen molar-refractivity contribution in [3.63, 3.8) is 0 Å². The summed E-state index contributed by atoms with van der Waals surface area (Å²) in [5, 5.41) is 1.19. The molecule has 1 amide bonds. The zero-order chi connectivity index (χ0) is 19.7. The minimum atomic E-state index is 0.130. The average molecular weight is 389 g/mol. The number of aryl methyl sites for hydroxylation is 2. The van der Waals surface area contributed by atoms with Crippen LogP contribution in [0.3, 0.4) is 0 Å². The Kier molecular flexibility index (Phi) is 6.04. The van der Waals surface area contributed by atoms with Gasteiger partial charge in [-0.1, -0.05) is 13.8 Å². The normalized spacial score (nSPS) is 15.9. The second-order valence-corrected chi connectivity index (χ2v) is 9.60. The van der Waals surface area contributed by atoms with Crippen molar-refractivity contribution >= 4 is 33.3 Å². The molecule has 0 aromatic carbocycles. The Morgan fingerprint density at radius 3 is 2.48 bits per heavy atom. The maximum absolute atomic E-state index is 13.1. The third-order valence-electron chi connectivity index (χ3n) is 5.56. The fourth-order valence-corrected chi connectivity index (χ4v) is 4.92. The van der Waals surface area contributed by atoms with Crippen molar-refractivity contribution in [1.82, 2.24) is 14.9 Å². The van der Waals surface area contributed by atoms with Gasteiger partial charge in [0.1, 0.15) is 17.0 Å². The highest BCUT2D eigenvalue weighted by molar-refractivity contribution is 7.18. The molecule has 0 N–H and O–H groups in total. The van der Waals surface area contributed by atoms with E-state index in [1.165, 1.54) is 15.8 Å². The van der Waals surface area contributed by atoms with Gasteiger partial charge in [0.2, 0.25) is 5.91 Å². The van der Waals surface area contributed by atoms with Gasteiger partial charge in [0.15, 0.2) is 0 Å². The predicted octanol–water partition coefficient (Wildman–Crippen LogP) is 4.42. The molecule has 5 nitrogen and oxygen atoms in total. The van der Waals surface area contributed by atoms with Crippen LogP contribution in [0.2, 0.25) is 0 Å². The van der Waals surface area contributed by atoms with Crippen LogP contribution in [0.1, 0.15) is 51.0 Å². The molecule has 0 unspecified atom stereocenters. The first kappa shape index (κ1) is 20.1. The summed E-state index contributed by atoms with van der Waals surface area (Å²) in [6.07, 6.45) is 3.47. The molecule has 0 saturated carbocycles.